The van der Waals surface area contributed by atoms with Gasteiger partial charge >= 0.3 is 0 Å². The van der Waals surface area contributed by atoms with Gasteiger partial charge in [0.05, 0.1) is 5.33 Å². The molecule has 0 aliphatic carbocycles. The summed E-state index contributed by atoms with van der Waals surface area (Å²) in [6.45, 7) is 0. The number of carbonyl (C=O) groups excluding carboxylic acids is 1. The van der Waals surface area contributed by atoms with Gasteiger partial charge in [0.2, 0.25) is 0 Å². The first kappa shape index (κ1) is 10.7. The van der Waals surface area contributed by atoms with Crippen molar-refractivity contribution in [2.24, 2.45) is 0 Å². The van der Waals surface area contributed by atoms with Crippen LogP contribution in [0.15, 0.2) is 0 Å². The predicted molar refractivity (Wildman–Crippen MR) is 50.7 cm³/mol. The van der Waals surface area contributed by atoms with E-state index in [9.17, 15) is 4.79 Å². The van der Waals surface area contributed by atoms with E-state index in [-0.39, 0.29) is 0 Å². The summed E-state index contributed by atoms with van der Waals surface area (Å²) < 4.78 is 0. The van der Waals surface area contributed by atoms with E-state index in [0.717, 1.165) is 37.3 Å². The van der Waals surface area contributed by atoms with Gasteiger partial charge in [-0.2, -0.15) is 0 Å². The molecule has 0 N–H and O–H groups in total. The number of halogens is 1. The lowest BCUT2D eigenvalue weighted by Crippen LogP contribution is -1.77. The first-order chi connectivity index (χ1) is 5.41. The van der Waals surface area contributed by atoms with E-state index in [0.29, 0.717) is 6.42 Å². The quantitative estimate of drug-likeness (QED) is 0.299. The molecule has 0 aliphatic rings. The van der Waals surface area contributed by atoms with Crippen LogP contribution >= 0.6 is 15.9 Å². The average molecular weight is 217 g/mol. The largest absolute Gasteiger partial charge is 0.303 e. The molecule has 0 aromatic rings. The van der Waals surface area contributed by atoms with Crippen LogP contribution in [0, 0.1) is 11.8 Å². The number of unbranched alkanes of at least 4 members (excludes halogenated alkanes) is 4. The van der Waals surface area contributed by atoms with Crippen molar-refractivity contribution in [2.45, 2.75) is 32.1 Å². The van der Waals surface area contributed by atoms with E-state index >= 15 is 0 Å². The van der Waals surface area contributed by atoms with Crippen LogP contribution in [0.5, 0.6) is 0 Å². The number of carbonyl (C=O) groups is 1. The van der Waals surface area contributed by atoms with Crippen LogP contribution < -0.4 is 0 Å². The first-order valence-electron chi connectivity index (χ1n) is 3.87. The smallest absolute Gasteiger partial charge is 0.119 e. The number of hydrogen-bond acceptors (Lipinski definition) is 1. The fourth-order valence-electron chi connectivity index (χ4n) is 0.753. The van der Waals surface area contributed by atoms with Gasteiger partial charge in [0.25, 0.3) is 0 Å². The summed E-state index contributed by atoms with van der Waals surface area (Å²) in [6, 6.07) is 0. The van der Waals surface area contributed by atoms with Crippen molar-refractivity contribution in [3.8, 4) is 11.8 Å². The minimum atomic E-state index is 0.700. The topological polar surface area (TPSA) is 17.1 Å². The zero-order chi connectivity index (χ0) is 8.36. The summed E-state index contributed by atoms with van der Waals surface area (Å²) in [4.78, 5) is 9.91. The van der Waals surface area contributed by atoms with Crippen molar-refractivity contribution in [1.82, 2.24) is 0 Å². The lowest BCUT2D eigenvalue weighted by molar-refractivity contribution is -0.107. The minimum Gasteiger partial charge on any atom is -0.303 e. The molecule has 62 valence electrons. The van der Waals surface area contributed by atoms with E-state index < -0.39 is 0 Å². The lowest BCUT2D eigenvalue weighted by Gasteiger charge is -1.90. The second-order valence-corrected chi connectivity index (χ2v) is 2.81. The van der Waals surface area contributed by atoms with Gasteiger partial charge < -0.3 is 4.79 Å². The Labute approximate surface area is 76.7 Å². The highest BCUT2D eigenvalue weighted by Crippen LogP contribution is 2.00. The summed E-state index contributed by atoms with van der Waals surface area (Å²) in [5.41, 5.74) is 0. The highest BCUT2D eigenvalue weighted by atomic mass is 79.9. The molecule has 0 rings (SSSR count). The zero-order valence-corrected chi connectivity index (χ0v) is 8.19. The third kappa shape index (κ3) is 9.71. The molecule has 0 heterocycles. The Morgan fingerprint density at radius 2 is 2.00 bits per heavy atom. The molecule has 2 heteroatoms. The standard InChI is InChI=1S/C9H13BrO/c10-8-6-4-2-1-3-5-7-9-11/h9H,1-3,5,7-8H2. The van der Waals surface area contributed by atoms with Gasteiger partial charge in [0.1, 0.15) is 6.29 Å². The molecule has 0 radical (unpaired) electrons. The molecule has 0 aromatic carbocycles. The molecule has 0 atom stereocenters. The molecule has 0 aromatic heterocycles. The van der Waals surface area contributed by atoms with E-state index in [1.807, 2.05) is 0 Å². The molecule has 0 saturated heterocycles. The molecule has 11 heavy (non-hydrogen) atoms. The zero-order valence-electron chi connectivity index (χ0n) is 6.61. The number of hydrogen-bond donors (Lipinski definition) is 0. The second-order valence-electron chi connectivity index (χ2n) is 2.25. The Kier molecular flexibility index (Phi) is 9.45. The SMILES string of the molecule is O=CCCCCCC#CCBr. The minimum absolute atomic E-state index is 0.700. The Balaban J connectivity index is 2.96. The maximum absolute atomic E-state index is 9.91. The fraction of sp³-hybridized carbons (Fsp3) is 0.667. The van der Waals surface area contributed by atoms with Gasteiger partial charge in [0.15, 0.2) is 0 Å². The highest BCUT2D eigenvalue weighted by Gasteiger charge is 1.85. The maximum atomic E-state index is 9.91. The van der Waals surface area contributed by atoms with Gasteiger partial charge in [0, 0.05) is 12.8 Å². The molecule has 0 aliphatic heterocycles. The second kappa shape index (κ2) is 9.71. The van der Waals surface area contributed by atoms with Crippen molar-refractivity contribution in [2.75, 3.05) is 5.33 Å². The molecular formula is C9H13BrO. The molecule has 1 nitrogen and oxygen atoms in total. The van der Waals surface area contributed by atoms with Gasteiger partial charge in [-0.15, -0.1) is 5.92 Å². The molecule has 0 unspecified atom stereocenters. The number of rotatable bonds is 5. The summed E-state index contributed by atoms with van der Waals surface area (Å²) >= 11 is 3.22. The van der Waals surface area contributed by atoms with E-state index in [1.165, 1.54) is 0 Å². The lowest BCUT2D eigenvalue weighted by atomic mass is 10.1. The van der Waals surface area contributed by atoms with Crippen molar-refractivity contribution in [3.63, 3.8) is 0 Å². The van der Waals surface area contributed by atoms with E-state index in [1.54, 1.807) is 0 Å². The molecular weight excluding hydrogens is 204 g/mol. The highest BCUT2D eigenvalue weighted by molar-refractivity contribution is 9.09. The summed E-state index contributed by atoms with van der Waals surface area (Å²) in [7, 11) is 0. The van der Waals surface area contributed by atoms with Crippen LogP contribution in [0.4, 0.5) is 0 Å². The van der Waals surface area contributed by atoms with E-state index in [4.69, 9.17) is 0 Å². The summed E-state index contributed by atoms with van der Waals surface area (Å²) in [6.07, 6.45) is 5.89. The summed E-state index contributed by atoms with van der Waals surface area (Å²) in [5, 5.41) is 0.765. The van der Waals surface area contributed by atoms with Crippen molar-refractivity contribution >= 4 is 22.2 Å². The molecule has 0 spiro atoms. The maximum Gasteiger partial charge on any atom is 0.119 e. The van der Waals surface area contributed by atoms with Crippen LogP contribution in [-0.2, 0) is 4.79 Å². The third-order valence-electron chi connectivity index (χ3n) is 1.32. The summed E-state index contributed by atoms with van der Waals surface area (Å²) in [5.74, 6) is 5.96. The molecule has 0 saturated carbocycles. The monoisotopic (exact) mass is 216 g/mol. The van der Waals surface area contributed by atoms with E-state index in [2.05, 4.69) is 27.8 Å². The Morgan fingerprint density at radius 1 is 1.18 bits per heavy atom. The van der Waals surface area contributed by atoms with Crippen LogP contribution in [-0.4, -0.2) is 11.6 Å². The molecule has 0 bridgehead atoms. The molecule has 0 amide bonds. The van der Waals surface area contributed by atoms with Crippen molar-refractivity contribution in [3.05, 3.63) is 0 Å². The first-order valence-corrected chi connectivity index (χ1v) is 4.99. The number of alkyl halides is 1. The van der Waals surface area contributed by atoms with Crippen LogP contribution in [0.3, 0.4) is 0 Å². The average Bonchev–Trinajstić information content (AvgIpc) is 2.03. The van der Waals surface area contributed by atoms with Crippen LogP contribution in [0.2, 0.25) is 0 Å². The van der Waals surface area contributed by atoms with Crippen molar-refractivity contribution in [1.29, 1.82) is 0 Å². The van der Waals surface area contributed by atoms with Gasteiger partial charge in [-0.3, -0.25) is 0 Å². The third-order valence-corrected chi connectivity index (χ3v) is 1.60. The van der Waals surface area contributed by atoms with Crippen LogP contribution in [0.1, 0.15) is 32.1 Å². The fourth-order valence-corrected chi connectivity index (χ4v) is 0.952. The Morgan fingerprint density at radius 3 is 2.64 bits per heavy atom. The number of aldehydes is 1. The predicted octanol–water partition coefficient (Wildman–Crippen LogP) is 2.53. The van der Waals surface area contributed by atoms with Crippen molar-refractivity contribution < 1.29 is 4.79 Å². The molecule has 0 fully saturated rings. The normalized spacial score (nSPS) is 8.45. The van der Waals surface area contributed by atoms with Crippen LogP contribution in [0.25, 0.3) is 0 Å². The Bertz CT molecular complexity index is 143. The van der Waals surface area contributed by atoms with Gasteiger partial charge in [-0.25, -0.2) is 0 Å². The Hall–Kier alpha value is -0.290. The van der Waals surface area contributed by atoms with Gasteiger partial charge in [-0.05, 0) is 12.8 Å². The van der Waals surface area contributed by atoms with Gasteiger partial charge in [-0.1, -0.05) is 28.3 Å².